The summed E-state index contributed by atoms with van der Waals surface area (Å²) in [6.45, 7) is 4.07. The van der Waals surface area contributed by atoms with Crippen LogP contribution in [0.25, 0.3) is 0 Å². The minimum atomic E-state index is -1.47. The molecule has 1 aromatic heterocycles. The number of hydrogen-bond acceptors (Lipinski definition) is 4. The maximum atomic E-state index is 11.8. The van der Waals surface area contributed by atoms with Crippen molar-refractivity contribution in [3.63, 3.8) is 0 Å². The lowest BCUT2D eigenvalue weighted by molar-refractivity contribution is 0.426. The summed E-state index contributed by atoms with van der Waals surface area (Å²) < 4.78 is 1.58. The average molecular weight is 258 g/mol. The Balaban J connectivity index is 2.29. The molecule has 0 bridgehead atoms. The van der Waals surface area contributed by atoms with Gasteiger partial charge in [-0.2, -0.15) is 4.98 Å². The minimum absolute atomic E-state index is 0.274. The van der Waals surface area contributed by atoms with Gasteiger partial charge in [-0.05, 0) is 30.9 Å². The van der Waals surface area contributed by atoms with Crippen molar-refractivity contribution in [1.82, 2.24) is 9.55 Å². The number of aryl methyl sites for hydroxylation is 2. The number of benzene rings is 1. The fraction of sp³-hybridized carbons (Fsp3) is 0.231. The van der Waals surface area contributed by atoms with Crippen LogP contribution in [0.3, 0.4) is 0 Å². The van der Waals surface area contributed by atoms with Crippen molar-refractivity contribution in [3.05, 3.63) is 57.8 Å². The third-order valence-electron chi connectivity index (χ3n) is 2.96. The molecule has 6 heteroatoms. The molecular formula is C13H15BN2O3. The summed E-state index contributed by atoms with van der Waals surface area (Å²) >= 11 is 0. The molecule has 98 valence electrons. The van der Waals surface area contributed by atoms with Crippen LogP contribution in [0, 0.1) is 13.8 Å². The second-order valence-electron chi connectivity index (χ2n) is 4.52. The van der Waals surface area contributed by atoms with Crippen molar-refractivity contribution in [2.45, 2.75) is 20.4 Å². The third-order valence-corrected chi connectivity index (χ3v) is 2.96. The predicted octanol–water partition coefficient (Wildman–Crippen LogP) is -0.412. The second-order valence-corrected chi connectivity index (χ2v) is 4.52. The fourth-order valence-electron chi connectivity index (χ4n) is 1.94. The van der Waals surface area contributed by atoms with Gasteiger partial charge in [-0.25, -0.2) is 4.79 Å². The summed E-state index contributed by atoms with van der Waals surface area (Å²) in [5.41, 5.74) is 2.61. The summed E-state index contributed by atoms with van der Waals surface area (Å²) in [7, 11) is -1.47. The molecule has 0 atom stereocenters. The zero-order chi connectivity index (χ0) is 14.0. The van der Waals surface area contributed by atoms with Gasteiger partial charge in [0.1, 0.15) is 0 Å². The molecule has 1 aromatic carbocycles. The predicted molar refractivity (Wildman–Crippen MR) is 73.3 cm³/mol. The molecule has 0 spiro atoms. The highest BCUT2D eigenvalue weighted by Crippen LogP contribution is 2.03. The van der Waals surface area contributed by atoms with Crippen molar-refractivity contribution in [1.29, 1.82) is 0 Å². The van der Waals surface area contributed by atoms with E-state index in [1.807, 2.05) is 13.0 Å². The molecule has 5 nitrogen and oxygen atoms in total. The first-order valence-corrected chi connectivity index (χ1v) is 5.97. The van der Waals surface area contributed by atoms with E-state index in [1.165, 1.54) is 0 Å². The molecule has 2 aromatic rings. The molecule has 19 heavy (non-hydrogen) atoms. The second kappa shape index (κ2) is 5.38. The molecule has 0 radical (unpaired) electrons. The van der Waals surface area contributed by atoms with E-state index >= 15 is 0 Å². The van der Waals surface area contributed by atoms with Crippen molar-refractivity contribution in [2.75, 3.05) is 0 Å². The standard InChI is InChI=1S/C13H15BN2O3/c1-9-7-10(2)16(13(17)15-9)8-11-3-5-12(6-4-11)14(18)19/h3-7,18-19H,8H2,1-2H3. The van der Waals surface area contributed by atoms with Crippen LogP contribution in [0.4, 0.5) is 0 Å². The number of aromatic nitrogens is 2. The largest absolute Gasteiger partial charge is 0.488 e. The van der Waals surface area contributed by atoms with E-state index in [1.54, 1.807) is 35.8 Å². The van der Waals surface area contributed by atoms with Gasteiger partial charge in [0.15, 0.2) is 0 Å². The topological polar surface area (TPSA) is 75.3 Å². The molecule has 0 unspecified atom stereocenters. The first-order chi connectivity index (χ1) is 8.97. The van der Waals surface area contributed by atoms with Gasteiger partial charge < -0.3 is 10.0 Å². The van der Waals surface area contributed by atoms with Crippen LogP contribution in [-0.4, -0.2) is 26.7 Å². The van der Waals surface area contributed by atoms with Crippen LogP contribution in [0.15, 0.2) is 35.1 Å². The van der Waals surface area contributed by atoms with Crippen molar-refractivity contribution in [3.8, 4) is 0 Å². The first kappa shape index (κ1) is 13.5. The summed E-state index contributed by atoms with van der Waals surface area (Å²) in [5, 5.41) is 18.0. The quantitative estimate of drug-likeness (QED) is 0.734. The molecule has 0 amide bonds. The number of rotatable bonds is 3. The summed E-state index contributed by atoms with van der Waals surface area (Å²) in [4.78, 5) is 15.7. The van der Waals surface area contributed by atoms with Gasteiger partial charge in [-0.15, -0.1) is 0 Å². The zero-order valence-electron chi connectivity index (χ0n) is 10.9. The van der Waals surface area contributed by atoms with Crippen LogP contribution < -0.4 is 11.2 Å². The maximum Gasteiger partial charge on any atom is 0.488 e. The van der Waals surface area contributed by atoms with Gasteiger partial charge in [0.25, 0.3) is 0 Å². The molecule has 0 aliphatic carbocycles. The molecule has 1 heterocycles. The Morgan fingerprint density at radius 2 is 1.84 bits per heavy atom. The van der Waals surface area contributed by atoms with E-state index < -0.39 is 7.12 Å². The summed E-state index contributed by atoms with van der Waals surface area (Å²) in [6.07, 6.45) is 0. The van der Waals surface area contributed by atoms with Crippen LogP contribution in [-0.2, 0) is 6.54 Å². The van der Waals surface area contributed by atoms with Gasteiger partial charge in [0, 0.05) is 11.4 Å². The van der Waals surface area contributed by atoms with E-state index in [0.717, 1.165) is 11.3 Å². The molecule has 0 aliphatic rings. The Hall–Kier alpha value is -1.92. The van der Waals surface area contributed by atoms with Crippen LogP contribution in [0.5, 0.6) is 0 Å². The summed E-state index contributed by atoms with van der Waals surface area (Å²) in [6, 6.07) is 8.64. The lowest BCUT2D eigenvalue weighted by Gasteiger charge is -2.10. The van der Waals surface area contributed by atoms with Gasteiger partial charge in [-0.3, -0.25) is 4.57 Å². The molecule has 0 aliphatic heterocycles. The molecule has 0 fully saturated rings. The Morgan fingerprint density at radius 1 is 1.21 bits per heavy atom. The SMILES string of the molecule is Cc1cc(C)n(Cc2ccc(B(O)O)cc2)c(=O)n1. The average Bonchev–Trinajstić information content (AvgIpc) is 2.34. The number of nitrogens with zero attached hydrogens (tertiary/aromatic N) is 2. The molecule has 0 saturated heterocycles. The van der Waals surface area contributed by atoms with Crippen LogP contribution in [0.2, 0.25) is 0 Å². The molecule has 2 rings (SSSR count). The van der Waals surface area contributed by atoms with Crippen LogP contribution >= 0.6 is 0 Å². The van der Waals surface area contributed by atoms with Crippen molar-refractivity contribution in [2.24, 2.45) is 0 Å². The minimum Gasteiger partial charge on any atom is -0.423 e. The van der Waals surface area contributed by atoms with Crippen LogP contribution in [0.1, 0.15) is 17.0 Å². The Kier molecular flexibility index (Phi) is 3.83. The lowest BCUT2D eigenvalue weighted by Crippen LogP contribution is -2.30. The molecule has 0 saturated carbocycles. The van der Waals surface area contributed by atoms with Gasteiger partial charge >= 0.3 is 12.8 Å². The maximum absolute atomic E-state index is 11.8. The number of hydrogen-bond donors (Lipinski definition) is 2. The van der Waals surface area contributed by atoms with Crippen molar-refractivity contribution < 1.29 is 10.0 Å². The van der Waals surface area contributed by atoms with Gasteiger partial charge in [-0.1, -0.05) is 24.3 Å². The van der Waals surface area contributed by atoms with E-state index in [-0.39, 0.29) is 5.69 Å². The third kappa shape index (κ3) is 3.10. The van der Waals surface area contributed by atoms with E-state index in [0.29, 0.717) is 17.7 Å². The molecule has 2 N–H and O–H groups in total. The highest BCUT2D eigenvalue weighted by Gasteiger charge is 2.10. The summed E-state index contributed by atoms with van der Waals surface area (Å²) in [5.74, 6) is 0. The lowest BCUT2D eigenvalue weighted by atomic mass is 9.80. The Morgan fingerprint density at radius 3 is 2.37 bits per heavy atom. The van der Waals surface area contributed by atoms with E-state index in [9.17, 15) is 4.79 Å². The smallest absolute Gasteiger partial charge is 0.423 e. The van der Waals surface area contributed by atoms with Crippen molar-refractivity contribution >= 4 is 12.6 Å². The Labute approximate surface area is 111 Å². The normalized spacial score (nSPS) is 10.5. The van der Waals surface area contributed by atoms with E-state index in [2.05, 4.69) is 4.98 Å². The Bertz CT molecular complexity index is 635. The molecular weight excluding hydrogens is 243 g/mol. The monoisotopic (exact) mass is 258 g/mol. The van der Waals surface area contributed by atoms with Gasteiger partial charge in [0.05, 0.1) is 6.54 Å². The van der Waals surface area contributed by atoms with E-state index in [4.69, 9.17) is 10.0 Å². The zero-order valence-corrected chi connectivity index (χ0v) is 10.9. The first-order valence-electron chi connectivity index (χ1n) is 5.97. The highest BCUT2D eigenvalue weighted by molar-refractivity contribution is 6.58. The highest BCUT2D eigenvalue weighted by atomic mass is 16.4. The fourth-order valence-corrected chi connectivity index (χ4v) is 1.94. The van der Waals surface area contributed by atoms with Gasteiger partial charge in [0.2, 0.25) is 0 Å².